The van der Waals surface area contributed by atoms with Crippen LogP contribution in [0.3, 0.4) is 0 Å². The molecule has 0 saturated carbocycles. The van der Waals surface area contributed by atoms with Gasteiger partial charge in [-0.2, -0.15) is 0 Å². The zero-order valence-corrected chi connectivity index (χ0v) is 17.0. The van der Waals surface area contributed by atoms with Gasteiger partial charge >= 0.3 is 0 Å². The Bertz CT molecular complexity index is 1010. The van der Waals surface area contributed by atoms with E-state index in [-0.39, 0.29) is 18.2 Å². The molecule has 0 saturated heterocycles. The maximum absolute atomic E-state index is 13.8. The second-order valence-corrected chi connectivity index (χ2v) is 7.06. The molecule has 0 aliphatic carbocycles. The molecule has 1 amide bonds. The van der Waals surface area contributed by atoms with Crippen LogP contribution in [0.4, 0.5) is 10.1 Å². The highest BCUT2D eigenvalue weighted by Crippen LogP contribution is 2.25. The molecule has 0 fully saturated rings. The van der Waals surface area contributed by atoms with Crippen molar-refractivity contribution < 1.29 is 13.9 Å². The number of ether oxygens (including phenoxy) is 1. The van der Waals surface area contributed by atoms with Gasteiger partial charge in [0.15, 0.2) is 11.6 Å². The third kappa shape index (κ3) is 5.27. The highest BCUT2D eigenvalue weighted by Gasteiger charge is 2.16. The number of carbonyl (C=O) groups is 1. The van der Waals surface area contributed by atoms with Crippen LogP contribution in [0.1, 0.15) is 27.0 Å². The van der Waals surface area contributed by atoms with Gasteiger partial charge in [0, 0.05) is 18.8 Å². The fourth-order valence-electron chi connectivity index (χ4n) is 2.90. The van der Waals surface area contributed by atoms with Gasteiger partial charge in [-0.15, -0.1) is 0 Å². The number of hydrogen-bond acceptors (Lipinski definition) is 3. The lowest BCUT2D eigenvalue weighted by Crippen LogP contribution is -2.24. The molecule has 29 heavy (non-hydrogen) atoms. The highest BCUT2D eigenvalue weighted by atomic mass is 35.5. The van der Waals surface area contributed by atoms with Gasteiger partial charge in [0.2, 0.25) is 0 Å². The third-order valence-electron chi connectivity index (χ3n) is 4.51. The number of carbonyl (C=O) groups excluding carboxylic acids is 1. The summed E-state index contributed by atoms with van der Waals surface area (Å²) in [7, 11) is 1.41. The molecule has 3 aromatic carbocycles. The van der Waals surface area contributed by atoms with E-state index in [0.29, 0.717) is 28.4 Å². The Balaban J connectivity index is 1.71. The van der Waals surface area contributed by atoms with E-state index in [9.17, 15) is 9.18 Å². The van der Waals surface area contributed by atoms with Gasteiger partial charge < -0.3 is 15.4 Å². The standard InChI is InChI=1S/C23H22ClFN2O2/c1-15-6-8-16(9-7-15)13-26-20-5-3-4-18(24)22(20)23(28)27-14-17-10-11-21(29-2)19(25)12-17/h3-12,26H,13-14H2,1-2H3,(H,27,28). The van der Waals surface area contributed by atoms with Crippen LogP contribution < -0.4 is 15.4 Å². The molecular formula is C23H22ClFN2O2. The molecule has 0 aliphatic rings. The van der Waals surface area contributed by atoms with Gasteiger partial charge in [-0.25, -0.2) is 4.39 Å². The van der Waals surface area contributed by atoms with Crippen LogP contribution in [0.5, 0.6) is 5.75 Å². The normalized spacial score (nSPS) is 10.5. The zero-order valence-electron chi connectivity index (χ0n) is 16.3. The van der Waals surface area contributed by atoms with E-state index < -0.39 is 5.82 Å². The van der Waals surface area contributed by atoms with E-state index in [1.165, 1.54) is 24.8 Å². The van der Waals surface area contributed by atoms with Crippen LogP contribution in [0.25, 0.3) is 0 Å². The van der Waals surface area contributed by atoms with Crippen molar-refractivity contribution in [2.75, 3.05) is 12.4 Å². The quantitative estimate of drug-likeness (QED) is 0.550. The number of nitrogens with one attached hydrogen (secondary N) is 2. The molecule has 2 N–H and O–H groups in total. The average Bonchev–Trinajstić information content (AvgIpc) is 2.71. The van der Waals surface area contributed by atoms with Crippen molar-refractivity contribution >= 4 is 23.2 Å². The number of methoxy groups -OCH3 is 1. The summed E-state index contributed by atoms with van der Waals surface area (Å²) in [6, 6.07) is 18.0. The average molecular weight is 413 g/mol. The largest absolute Gasteiger partial charge is 0.494 e. The first kappa shape index (κ1) is 20.7. The molecule has 6 heteroatoms. The number of rotatable bonds is 7. The van der Waals surface area contributed by atoms with Crippen LogP contribution in [0.15, 0.2) is 60.7 Å². The monoisotopic (exact) mass is 412 g/mol. The first-order valence-electron chi connectivity index (χ1n) is 9.16. The van der Waals surface area contributed by atoms with E-state index in [1.54, 1.807) is 18.2 Å². The number of halogens is 2. The maximum atomic E-state index is 13.8. The Hall–Kier alpha value is -3.05. The van der Waals surface area contributed by atoms with Crippen LogP contribution in [-0.2, 0) is 13.1 Å². The molecule has 4 nitrogen and oxygen atoms in total. The zero-order chi connectivity index (χ0) is 20.8. The minimum absolute atomic E-state index is 0.161. The lowest BCUT2D eigenvalue weighted by molar-refractivity contribution is 0.0951. The summed E-state index contributed by atoms with van der Waals surface area (Å²) in [6.45, 7) is 2.76. The van der Waals surface area contributed by atoms with Crippen molar-refractivity contribution in [3.63, 3.8) is 0 Å². The summed E-state index contributed by atoms with van der Waals surface area (Å²) in [5, 5.41) is 6.41. The lowest BCUT2D eigenvalue weighted by atomic mass is 10.1. The summed E-state index contributed by atoms with van der Waals surface area (Å²) in [4.78, 5) is 12.8. The lowest BCUT2D eigenvalue weighted by Gasteiger charge is -2.14. The highest BCUT2D eigenvalue weighted by molar-refractivity contribution is 6.34. The summed E-state index contributed by atoms with van der Waals surface area (Å²) < 4.78 is 18.8. The van der Waals surface area contributed by atoms with E-state index >= 15 is 0 Å². The molecule has 0 bridgehead atoms. The summed E-state index contributed by atoms with van der Waals surface area (Å²) in [5.41, 5.74) is 3.90. The van der Waals surface area contributed by atoms with Gasteiger partial charge in [0.1, 0.15) is 0 Å². The van der Waals surface area contributed by atoms with E-state index in [1.807, 2.05) is 37.3 Å². The molecule has 0 atom stereocenters. The number of anilines is 1. The van der Waals surface area contributed by atoms with Crippen molar-refractivity contribution in [2.24, 2.45) is 0 Å². The Morgan fingerprint density at radius 3 is 2.45 bits per heavy atom. The van der Waals surface area contributed by atoms with E-state index in [0.717, 1.165) is 5.56 Å². The molecule has 3 rings (SSSR count). The van der Waals surface area contributed by atoms with Crippen molar-refractivity contribution in [3.05, 3.63) is 93.8 Å². The van der Waals surface area contributed by atoms with Crippen molar-refractivity contribution in [1.82, 2.24) is 5.32 Å². The number of benzene rings is 3. The number of hydrogen-bond donors (Lipinski definition) is 2. The molecule has 3 aromatic rings. The summed E-state index contributed by atoms with van der Waals surface area (Å²) in [5.74, 6) is -0.649. The Morgan fingerprint density at radius 1 is 1.03 bits per heavy atom. The topological polar surface area (TPSA) is 50.4 Å². The van der Waals surface area contributed by atoms with Crippen LogP contribution >= 0.6 is 11.6 Å². The molecule has 0 unspecified atom stereocenters. The van der Waals surface area contributed by atoms with Crippen molar-refractivity contribution in [2.45, 2.75) is 20.0 Å². The number of amides is 1. The molecule has 150 valence electrons. The Labute approximate surface area is 174 Å². The van der Waals surface area contributed by atoms with Crippen molar-refractivity contribution in [3.8, 4) is 5.75 Å². The predicted octanol–water partition coefficient (Wildman–Crippen LogP) is 5.34. The predicted molar refractivity (Wildman–Crippen MR) is 114 cm³/mol. The molecule has 0 heterocycles. The first-order chi connectivity index (χ1) is 14.0. The number of aryl methyl sites for hydroxylation is 1. The summed E-state index contributed by atoms with van der Waals surface area (Å²) >= 11 is 6.30. The summed E-state index contributed by atoms with van der Waals surface area (Å²) in [6.07, 6.45) is 0. The molecule has 0 aliphatic heterocycles. The van der Waals surface area contributed by atoms with Crippen LogP contribution in [-0.4, -0.2) is 13.0 Å². The minimum atomic E-state index is -0.475. The van der Waals surface area contributed by atoms with Crippen molar-refractivity contribution in [1.29, 1.82) is 0 Å². The fraction of sp³-hybridized carbons (Fsp3) is 0.174. The van der Waals surface area contributed by atoms with Gasteiger partial charge in [-0.3, -0.25) is 4.79 Å². The van der Waals surface area contributed by atoms with E-state index in [4.69, 9.17) is 16.3 Å². The smallest absolute Gasteiger partial charge is 0.255 e. The van der Waals surface area contributed by atoms with Gasteiger partial charge in [-0.1, -0.05) is 53.6 Å². The third-order valence-corrected chi connectivity index (χ3v) is 4.83. The Morgan fingerprint density at radius 2 is 1.76 bits per heavy atom. The van der Waals surface area contributed by atoms with E-state index in [2.05, 4.69) is 10.6 Å². The van der Waals surface area contributed by atoms with Gasteiger partial charge in [0.05, 0.1) is 17.7 Å². The van der Waals surface area contributed by atoms with Gasteiger partial charge in [0.25, 0.3) is 5.91 Å². The Kier molecular flexibility index (Phi) is 6.73. The molecular weight excluding hydrogens is 391 g/mol. The first-order valence-corrected chi connectivity index (χ1v) is 9.54. The van der Waals surface area contributed by atoms with Crippen LogP contribution in [0.2, 0.25) is 5.02 Å². The maximum Gasteiger partial charge on any atom is 0.255 e. The van der Waals surface area contributed by atoms with Crippen LogP contribution in [0, 0.1) is 12.7 Å². The second kappa shape index (κ2) is 9.43. The second-order valence-electron chi connectivity index (χ2n) is 6.65. The van der Waals surface area contributed by atoms with Gasteiger partial charge in [-0.05, 0) is 42.3 Å². The fourth-order valence-corrected chi connectivity index (χ4v) is 3.16. The molecule has 0 aromatic heterocycles. The molecule has 0 radical (unpaired) electrons. The molecule has 0 spiro atoms. The SMILES string of the molecule is COc1ccc(CNC(=O)c2c(Cl)cccc2NCc2ccc(C)cc2)cc1F. The minimum Gasteiger partial charge on any atom is -0.494 e.